The minimum Gasteiger partial charge on any atom is -0.466 e. The van der Waals surface area contributed by atoms with Gasteiger partial charge in [-0.15, -0.1) is 0 Å². The van der Waals surface area contributed by atoms with E-state index in [1.165, 1.54) is 89.9 Å². The third-order valence-corrected chi connectivity index (χ3v) is 16.8. The maximum absolute atomic E-state index is 12.3. The molecular formula is C48H80O2. The van der Waals surface area contributed by atoms with Crippen molar-refractivity contribution in [2.24, 2.45) is 94.7 Å². The van der Waals surface area contributed by atoms with E-state index in [0.717, 1.165) is 108 Å². The fourth-order valence-electron chi connectivity index (χ4n) is 12.3. The van der Waals surface area contributed by atoms with E-state index in [1.807, 2.05) is 0 Å². The fraction of sp³-hybridized carbons (Fsp3) is 0.979. The van der Waals surface area contributed by atoms with Crippen LogP contribution in [0.25, 0.3) is 0 Å². The normalized spacial score (nSPS) is 44.1. The number of hydrogen-bond acceptors (Lipinski definition) is 2. The van der Waals surface area contributed by atoms with Crippen LogP contribution in [-0.2, 0) is 9.53 Å². The van der Waals surface area contributed by atoms with E-state index in [2.05, 4.69) is 13.8 Å². The zero-order valence-corrected chi connectivity index (χ0v) is 33.1. The lowest BCUT2D eigenvalue weighted by Gasteiger charge is -2.06. The highest BCUT2D eigenvalue weighted by Gasteiger charge is 2.53. The first-order valence-electron chi connectivity index (χ1n) is 23.7. The van der Waals surface area contributed by atoms with Crippen molar-refractivity contribution in [3.8, 4) is 0 Å². The second kappa shape index (κ2) is 16.9. The maximum atomic E-state index is 12.3. The molecule has 8 aliphatic carbocycles. The van der Waals surface area contributed by atoms with Crippen LogP contribution in [0.5, 0.6) is 0 Å². The van der Waals surface area contributed by atoms with Gasteiger partial charge in [-0.3, -0.25) is 4.79 Å². The van der Waals surface area contributed by atoms with E-state index in [-0.39, 0.29) is 5.97 Å². The van der Waals surface area contributed by atoms with Gasteiger partial charge in [0.2, 0.25) is 0 Å². The number of ether oxygens (including phenoxy) is 1. The van der Waals surface area contributed by atoms with Crippen LogP contribution in [0.3, 0.4) is 0 Å². The van der Waals surface area contributed by atoms with Crippen molar-refractivity contribution in [2.75, 3.05) is 6.61 Å². The Kier molecular flexibility index (Phi) is 12.3. The Morgan fingerprint density at radius 2 is 0.740 bits per heavy atom. The van der Waals surface area contributed by atoms with Gasteiger partial charge in [0.15, 0.2) is 0 Å². The lowest BCUT2D eigenvalue weighted by atomic mass is 10.0. The summed E-state index contributed by atoms with van der Waals surface area (Å²) in [5, 5.41) is 0. The Morgan fingerprint density at radius 1 is 0.400 bits per heavy atom. The first-order valence-corrected chi connectivity index (χ1v) is 23.7. The molecule has 2 nitrogen and oxygen atoms in total. The van der Waals surface area contributed by atoms with Gasteiger partial charge < -0.3 is 4.74 Å². The molecule has 8 fully saturated rings. The van der Waals surface area contributed by atoms with Gasteiger partial charge in [-0.25, -0.2) is 0 Å². The summed E-state index contributed by atoms with van der Waals surface area (Å²) in [4.78, 5) is 12.3. The first-order chi connectivity index (χ1) is 24.5. The summed E-state index contributed by atoms with van der Waals surface area (Å²) in [7, 11) is 0. The standard InChI is InChI=1S/C48H80O2/c1-3-5-9-13-33-19-37(33)23-38-20-34(38)14-10-7-6-8-11-16-48(49)50-17-12-15-35-21-39(35)24-41-26-43(41)28-45-30-47(45)31-46-29-44(46)27-42-25-40(42)22-36-18-32(36)4-2/h32-47H,3-31H2,1-2H3. The average Bonchev–Trinajstić information content (AvgIpc) is 3.88. The predicted molar refractivity (Wildman–Crippen MR) is 207 cm³/mol. The number of unbranched alkanes of at least 4 members (excludes halogenated alkanes) is 6. The van der Waals surface area contributed by atoms with Crippen molar-refractivity contribution in [2.45, 2.75) is 194 Å². The van der Waals surface area contributed by atoms with Gasteiger partial charge in [-0.1, -0.05) is 78.1 Å². The summed E-state index contributed by atoms with van der Waals surface area (Å²) in [6, 6.07) is 0. The lowest BCUT2D eigenvalue weighted by Crippen LogP contribution is -2.06. The molecule has 0 heterocycles. The van der Waals surface area contributed by atoms with Crippen LogP contribution >= 0.6 is 0 Å². The number of carbonyl (C=O) groups excluding carboxylic acids is 1. The summed E-state index contributed by atoms with van der Waals surface area (Å²) >= 11 is 0. The Hall–Kier alpha value is -0.530. The van der Waals surface area contributed by atoms with E-state index in [1.54, 1.807) is 70.6 Å². The van der Waals surface area contributed by atoms with Crippen LogP contribution in [0.1, 0.15) is 194 Å². The number of carbonyl (C=O) groups is 1. The van der Waals surface area contributed by atoms with E-state index >= 15 is 0 Å². The largest absolute Gasteiger partial charge is 0.466 e. The lowest BCUT2D eigenvalue weighted by molar-refractivity contribution is -0.143. The highest BCUT2D eigenvalue weighted by molar-refractivity contribution is 5.69. The fourth-order valence-corrected chi connectivity index (χ4v) is 12.3. The molecule has 16 unspecified atom stereocenters. The molecule has 0 aromatic carbocycles. The Labute approximate surface area is 309 Å². The Balaban J connectivity index is 0.556. The Bertz CT molecular complexity index is 1080. The molecule has 0 bridgehead atoms. The molecule has 0 radical (unpaired) electrons. The van der Waals surface area contributed by atoms with Gasteiger partial charge in [-0.05, 0) is 204 Å². The topological polar surface area (TPSA) is 26.3 Å². The molecule has 0 aliphatic heterocycles. The molecule has 0 aromatic heterocycles. The van der Waals surface area contributed by atoms with Crippen LogP contribution < -0.4 is 0 Å². The predicted octanol–water partition coefficient (Wildman–Crippen LogP) is 13.5. The van der Waals surface area contributed by atoms with E-state index < -0.39 is 0 Å². The smallest absolute Gasteiger partial charge is 0.305 e. The number of esters is 1. The highest BCUT2D eigenvalue weighted by atomic mass is 16.5. The molecule has 0 aromatic rings. The quantitative estimate of drug-likeness (QED) is 0.0577. The molecule has 16 atom stereocenters. The SMILES string of the molecule is CCCCCC1CC1CC1CC1CCCCCCCC(=O)OCCCC1CC1CC1CC1CC1CC1CC1CC1CC1CC1CC1CC1CC. The monoisotopic (exact) mass is 689 g/mol. The summed E-state index contributed by atoms with van der Waals surface area (Å²) in [5.74, 6) is 17.7. The molecule has 8 aliphatic rings. The van der Waals surface area contributed by atoms with Crippen molar-refractivity contribution >= 4 is 5.97 Å². The van der Waals surface area contributed by atoms with Crippen LogP contribution in [-0.4, -0.2) is 12.6 Å². The molecular weight excluding hydrogens is 609 g/mol. The van der Waals surface area contributed by atoms with Crippen LogP contribution in [0.15, 0.2) is 0 Å². The maximum Gasteiger partial charge on any atom is 0.305 e. The molecule has 8 rings (SSSR count). The van der Waals surface area contributed by atoms with Gasteiger partial charge >= 0.3 is 5.97 Å². The van der Waals surface area contributed by atoms with Crippen molar-refractivity contribution in [1.29, 1.82) is 0 Å². The van der Waals surface area contributed by atoms with Gasteiger partial charge in [0.25, 0.3) is 0 Å². The van der Waals surface area contributed by atoms with E-state index in [4.69, 9.17) is 4.74 Å². The minimum absolute atomic E-state index is 0.0631. The van der Waals surface area contributed by atoms with Gasteiger partial charge in [0.1, 0.15) is 0 Å². The van der Waals surface area contributed by atoms with Gasteiger partial charge in [-0.2, -0.15) is 0 Å². The second-order valence-corrected chi connectivity index (χ2v) is 21.0. The summed E-state index contributed by atoms with van der Waals surface area (Å²) in [6.45, 7) is 5.39. The molecule has 0 N–H and O–H groups in total. The Morgan fingerprint density at radius 3 is 1.18 bits per heavy atom. The van der Waals surface area contributed by atoms with Crippen LogP contribution in [0.4, 0.5) is 0 Å². The second-order valence-electron chi connectivity index (χ2n) is 21.0. The molecule has 0 amide bonds. The molecule has 50 heavy (non-hydrogen) atoms. The summed E-state index contributed by atoms with van der Waals surface area (Å²) in [5.41, 5.74) is 0. The zero-order chi connectivity index (χ0) is 34.0. The molecule has 8 saturated carbocycles. The summed E-state index contributed by atoms with van der Waals surface area (Å²) < 4.78 is 5.63. The molecule has 284 valence electrons. The zero-order valence-electron chi connectivity index (χ0n) is 33.1. The average molecular weight is 689 g/mol. The third-order valence-electron chi connectivity index (χ3n) is 16.8. The van der Waals surface area contributed by atoms with Crippen molar-refractivity contribution < 1.29 is 9.53 Å². The van der Waals surface area contributed by atoms with Crippen LogP contribution in [0, 0.1) is 94.7 Å². The molecule has 2 heteroatoms. The summed E-state index contributed by atoms with van der Waals surface area (Å²) in [6.07, 6.45) is 40.1. The van der Waals surface area contributed by atoms with E-state index in [9.17, 15) is 4.79 Å². The molecule has 0 saturated heterocycles. The van der Waals surface area contributed by atoms with Crippen molar-refractivity contribution in [3.63, 3.8) is 0 Å². The van der Waals surface area contributed by atoms with E-state index in [0.29, 0.717) is 13.0 Å². The number of rotatable bonds is 29. The van der Waals surface area contributed by atoms with Crippen molar-refractivity contribution in [1.82, 2.24) is 0 Å². The highest BCUT2D eigenvalue weighted by Crippen LogP contribution is 2.62. The van der Waals surface area contributed by atoms with Crippen molar-refractivity contribution in [3.05, 3.63) is 0 Å². The number of hydrogen-bond donors (Lipinski definition) is 0. The van der Waals surface area contributed by atoms with Crippen LogP contribution in [0.2, 0.25) is 0 Å². The minimum atomic E-state index is 0.0631. The first kappa shape index (κ1) is 36.4. The molecule has 0 spiro atoms. The van der Waals surface area contributed by atoms with Gasteiger partial charge in [0.05, 0.1) is 6.61 Å². The van der Waals surface area contributed by atoms with Gasteiger partial charge in [0, 0.05) is 6.42 Å². The third kappa shape index (κ3) is 11.2.